The summed E-state index contributed by atoms with van der Waals surface area (Å²) in [5, 5.41) is 8.21. The van der Waals surface area contributed by atoms with Crippen LogP contribution in [0, 0.1) is 23.2 Å². The maximum Gasteiger partial charge on any atom is 0.324 e. The zero-order valence-corrected chi connectivity index (χ0v) is 47.4. The minimum Gasteiger partial charge on any atom is -0.464 e. The van der Waals surface area contributed by atoms with Gasteiger partial charge in [-0.1, -0.05) is 40.7 Å². The predicted molar refractivity (Wildman–Crippen MR) is 299 cm³/mol. The first-order valence-electron chi connectivity index (χ1n) is 22.7. The van der Waals surface area contributed by atoms with Crippen molar-refractivity contribution in [2.24, 2.45) is 23.2 Å². The molecule has 3 aliphatic rings. The number of hydrogen-bond acceptors (Lipinski definition) is 11. The molecule has 0 spiro atoms. The van der Waals surface area contributed by atoms with Gasteiger partial charge in [0.15, 0.2) is 0 Å². The van der Waals surface area contributed by atoms with Crippen LogP contribution in [0.25, 0.3) is 33.4 Å². The van der Waals surface area contributed by atoms with Gasteiger partial charge in [0.25, 0.3) is 5.91 Å². The van der Waals surface area contributed by atoms with Crippen LogP contribution in [-0.2, 0) is 48.0 Å². The lowest BCUT2D eigenvalue weighted by molar-refractivity contribution is -0.155. The molecule has 0 unspecified atom stereocenters. The van der Waals surface area contributed by atoms with E-state index < -0.39 is 41.3 Å². The standard InChI is InChI=1S/C48H66N8O7S.5H2S/c1-11-55-39-17-16-31-20-34(39)35(43(55)33-14-12-18-49-41(33)30(5)62-10)22-48(6,7)27-63-46(59)36-15-13-19-56(52-36)45(58)37(21-40-50-38(31)26-64-40)51-44(57)42(28(2)3)53(8)47(60)54-23-32(24-54)29(4)25-61-9;;;;;/h12,14,16-18,20,26,28-30,32,36-37,42,52H,11,13,15,19,21-25,27H2,1-10H3,(H,51,57);5*1H2/t29-,30+,36+,37+,42+;;;;;/m1...../s1. The summed E-state index contributed by atoms with van der Waals surface area (Å²) in [6.45, 7) is 17.2. The average Bonchev–Trinajstić information content (AvgIpc) is 3.85. The fourth-order valence-electron chi connectivity index (χ4n) is 9.52. The highest BCUT2D eigenvalue weighted by Crippen LogP contribution is 2.42. The maximum atomic E-state index is 14.6. The number of cyclic esters (lactones) is 1. The summed E-state index contributed by atoms with van der Waals surface area (Å²) in [6, 6.07) is 7.57. The summed E-state index contributed by atoms with van der Waals surface area (Å²) in [5.41, 5.74) is 9.38. The van der Waals surface area contributed by atoms with Crippen LogP contribution >= 0.6 is 78.8 Å². The number of benzene rings is 1. The second kappa shape index (κ2) is 26.5. The zero-order chi connectivity index (χ0) is 46.0. The van der Waals surface area contributed by atoms with Gasteiger partial charge in [-0.15, -0.1) is 11.3 Å². The summed E-state index contributed by atoms with van der Waals surface area (Å²) in [6.07, 6.45) is 3.29. The molecule has 5 atom stereocenters. The predicted octanol–water partition coefficient (Wildman–Crippen LogP) is 7.06. The number of likely N-dealkylation sites (tertiary alicyclic amines) is 1. The van der Waals surface area contributed by atoms with Gasteiger partial charge in [0, 0.05) is 99.5 Å². The van der Waals surface area contributed by atoms with Crippen LogP contribution in [0.4, 0.5) is 4.79 Å². The van der Waals surface area contributed by atoms with E-state index in [0.717, 1.165) is 44.7 Å². The zero-order valence-electron chi connectivity index (χ0n) is 41.6. The van der Waals surface area contributed by atoms with Crippen LogP contribution in [0.15, 0.2) is 41.9 Å². The SMILES string of the molecule is CCn1c(-c2cccnc2[C@H](C)OC)c2c3cc(ccc31)-c1csc(n1)C[C@H](NC(=O)[C@H](C(C)C)N(C)C(=O)N1CC([C@H](C)COC)C1)C(=O)N1CCC[C@H](N1)C(=O)OCC(C)(C)C2.S.S.S.S.S. The van der Waals surface area contributed by atoms with Gasteiger partial charge >= 0.3 is 12.0 Å². The third-order valence-electron chi connectivity index (χ3n) is 13.2. The van der Waals surface area contributed by atoms with Crippen molar-refractivity contribution in [3.63, 3.8) is 0 Å². The number of likely N-dealkylation sites (N-methyl/N-ethyl adjacent to an activating group) is 1. The van der Waals surface area contributed by atoms with Gasteiger partial charge in [-0.25, -0.2) is 15.2 Å². The summed E-state index contributed by atoms with van der Waals surface area (Å²) in [4.78, 5) is 69.8. The number of nitrogens with zero attached hydrogens (tertiary/aromatic N) is 6. The van der Waals surface area contributed by atoms with E-state index in [0.29, 0.717) is 68.9 Å². The van der Waals surface area contributed by atoms with Crippen LogP contribution in [0.5, 0.6) is 0 Å². The Bertz CT molecular complexity index is 2360. The molecule has 69 heavy (non-hydrogen) atoms. The summed E-state index contributed by atoms with van der Waals surface area (Å²) in [5.74, 6) is -0.896. The number of esters is 1. The molecular formula is C48H76N8O7S6. The summed E-state index contributed by atoms with van der Waals surface area (Å²) >= 11 is 1.43. The number of methoxy groups -OCH3 is 2. The second-order valence-corrected chi connectivity index (χ2v) is 19.9. The van der Waals surface area contributed by atoms with Gasteiger partial charge in [-0.3, -0.25) is 24.4 Å². The molecule has 3 aliphatic heterocycles. The number of hydrogen-bond donors (Lipinski definition) is 2. The Kier molecular flexibility index (Phi) is 23.8. The van der Waals surface area contributed by atoms with Gasteiger partial charge in [-0.05, 0) is 80.7 Å². The lowest BCUT2D eigenvalue weighted by Crippen LogP contribution is -2.63. The molecule has 7 rings (SSSR count). The minimum atomic E-state index is -1.04. The number of carbonyl (C=O) groups excluding carboxylic acids is 4. The normalized spacial score (nSPS) is 19.4. The number of aryl methyl sites for hydroxylation is 1. The topological polar surface area (TPSA) is 160 Å². The highest BCUT2D eigenvalue weighted by molar-refractivity contribution is 7.60. The molecular weight excluding hydrogens is 993 g/mol. The van der Waals surface area contributed by atoms with E-state index in [1.807, 2.05) is 32.2 Å². The fraction of sp³-hybridized carbons (Fsp3) is 0.583. The lowest BCUT2D eigenvalue weighted by atomic mass is 9.84. The van der Waals surface area contributed by atoms with Gasteiger partial charge < -0.3 is 33.9 Å². The Morgan fingerprint density at radius 3 is 2.42 bits per heavy atom. The first-order chi connectivity index (χ1) is 30.5. The van der Waals surface area contributed by atoms with E-state index in [9.17, 15) is 19.2 Å². The molecule has 2 fully saturated rings. The van der Waals surface area contributed by atoms with Crippen molar-refractivity contribution in [2.75, 3.05) is 54.1 Å². The molecule has 4 aromatic rings. The minimum absolute atomic E-state index is 0. The number of carbonyl (C=O) groups is 4. The van der Waals surface area contributed by atoms with Crippen molar-refractivity contribution in [3.05, 3.63) is 58.2 Å². The molecule has 21 heteroatoms. The molecule has 386 valence electrons. The van der Waals surface area contributed by atoms with E-state index in [2.05, 4.69) is 67.3 Å². The number of fused-ring (bicyclic) bond motifs is 6. The van der Waals surface area contributed by atoms with Crippen molar-refractivity contribution in [3.8, 4) is 22.5 Å². The molecule has 0 aliphatic carbocycles. The molecule has 2 saturated heterocycles. The third kappa shape index (κ3) is 13.5. The molecule has 2 N–H and O–H groups in total. The maximum absolute atomic E-state index is 14.6. The molecule has 0 radical (unpaired) electrons. The molecule has 6 heterocycles. The highest BCUT2D eigenvalue weighted by atomic mass is 32.1. The number of thiazole rings is 1. The van der Waals surface area contributed by atoms with Crippen LogP contribution in [-0.4, -0.2) is 125 Å². The van der Waals surface area contributed by atoms with Crippen molar-refractivity contribution in [2.45, 2.75) is 105 Å². The van der Waals surface area contributed by atoms with Gasteiger partial charge in [-0.2, -0.15) is 67.5 Å². The third-order valence-corrected chi connectivity index (χ3v) is 14.1. The van der Waals surface area contributed by atoms with E-state index in [1.165, 1.54) is 21.2 Å². The number of amides is 4. The number of hydrazine groups is 1. The number of aromatic nitrogens is 3. The number of ether oxygens (including phenoxy) is 3. The van der Waals surface area contributed by atoms with Crippen LogP contribution in [0.3, 0.4) is 0 Å². The highest BCUT2D eigenvalue weighted by Gasteiger charge is 2.41. The van der Waals surface area contributed by atoms with Gasteiger partial charge in [0.2, 0.25) is 5.91 Å². The Balaban J connectivity index is 0.00000327. The second-order valence-electron chi connectivity index (χ2n) is 19.0. The summed E-state index contributed by atoms with van der Waals surface area (Å²) in [7, 11) is 5.02. The van der Waals surface area contributed by atoms with Gasteiger partial charge in [0.05, 0.1) is 34.8 Å². The molecule has 3 aromatic heterocycles. The Hall–Kier alpha value is -3.15. The number of urea groups is 1. The first kappa shape index (κ1) is 62.0. The molecule has 6 bridgehead atoms. The van der Waals surface area contributed by atoms with Crippen molar-refractivity contribution >= 4 is 114 Å². The van der Waals surface area contributed by atoms with Crippen LogP contribution in [0.1, 0.15) is 83.7 Å². The molecule has 4 amide bonds. The van der Waals surface area contributed by atoms with Crippen molar-refractivity contribution in [1.29, 1.82) is 0 Å². The number of nitrogens with one attached hydrogen (secondary N) is 2. The van der Waals surface area contributed by atoms with E-state index >= 15 is 0 Å². The largest absolute Gasteiger partial charge is 0.464 e. The quantitative estimate of drug-likeness (QED) is 0.149. The molecule has 0 saturated carbocycles. The average molecular weight is 1070 g/mol. The van der Waals surface area contributed by atoms with Gasteiger partial charge in [0.1, 0.15) is 18.1 Å². The Morgan fingerprint density at radius 2 is 1.77 bits per heavy atom. The molecule has 1 aromatic carbocycles. The van der Waals surface area contributed by atoms with E-state index in [4.69, 9.17) is 24.2 Å². The smallest absolute Gasteiger partial charge is 0.324 e. The van der Waals surface area contributed by atoms with E-state index in [1.54, 1.807) is 32.4 Å². The van der Waals surface area contributed by atoms with Crippen LogP contribution < -0.4 is 10.7 Å². The van der Waals surface area contributed by atoms with Crippen molar-refractivity contribution in [1.82, 2.24) is 40.1 Å². The summed E-state index contributed by atoms with van der Waals surface area (Å²) < 4.78 is 19.6. The van der Waals surface area contributed by atoms with Crippen molar-refractivity contribution < 1.29 is 33.4 Å². The van der Waals surface area contributed by atoms with Crippen LogP contribution in [0.2, 0.25) is 0 Å². The first-order valence-corrected chi connectivity index (χ1v) is 23.6. The number of rotatable bonds is 11. The lowest BCUT2D eigenvalue weighted by Gasteiger charge is -2.45. The molecule has 15 nitrogen and oxygen atoms in total. The Labute approximate surface area is 447 Å². The fourth-order valence-corrected chi connectivity index (χ4v) is 10.4. The number of pyridine rings is 1. The Morgan fingerprint density at radius 1 is 1.06 bits per heavy atom. The monoisotopic (exact) mass is 1070 g/mol. The van der Waals surface area contributed by atoms with E-state index in [-0.39, 0.29) is 98.6 Å².